The number of aliphatic hydroxyl groups is 1. The van der Waals surface area contributed by atoms with Crippen LogP contribution in [0.25, 0.3) is 0 Å². The van der Waals surface area contributed by atoms with E-state index in [-0.39, 0.29) is 23.6 Å². The number of carbonyl (C=O) groups is 2. The highest BCUT2D eigenvalue weighted by Crippen LogP contribution is 2.46. The minimum Gasteiger partial charge on any atom is -0.494 e. The summed E-state index contributed by atoms with van der Waals surface area (Å²) in [5, 5.41) is 28.9. The summed E-state index contributed by atoms with van der Waals surface area (Å²) >= 11 is 0. The number of ether oxygens (including phenoxy) is 2. The number of carboxylic acid groups (broad SMARTS) is 1. The second-order valence-corrected chi connectivity index (χ2v) is 17.2. The highest BCUT2D eigenvalue weighted by atomic mass is 16.5. The molecule has 4 atom stereocenters. The van der Waals surface area contributed by atoms with Crippen LogP contribution < -0.4 is 35.2 Å². The maximum Gasteiger partial charge on any atom is 0.341 e. The van der Waals surface area contributed by atoms with Gasteiger partial charge in [0.25, 0.3) is 5.91 Å². The quantitative estimate of drug-likeness (QED) is 0.0907. The number of nitrogens with one attached hydrogen (secondary N) is 3. The fourth-order valence-electron chi connectivity index (χ4n) is 8.90. The van der Waals surface area contributed by atoms with Gasteiger partial charge in [-0.05, 0) is 124 Å². The SMILES string of the molecule is CCOc1ccc(CNc2nc(N3CC4CC4C3)ncc2C(=O)NC2CCC(O)CC2)cc1C.CCOc1ccc(CNc2nc(N3CC4CC4C3)ncc2C(=O)O)cc1C. The molecule has 15 nitrogen and oxygen atoms in total. The first kappa shape index (κ1) is 42.0. The molecule has 4 unspecified atom stereocenters. The summed E-state index contributed by atoms with van der Waals surface area (Å²) in [6.45, 7) is 14.2. The molecule has 3 aliphatic carbocycles. The van der Waals surface area contributed by atoms with Crippen molar-refractivity contribution in [3.63, 3.8) is 0 Å². The Morgan fingerprint density at radius 2 is 1.16 bits per heavy atom. The second kappa shape index (κ2) is 18.5. The Hall–Kier alpha value is -5.70. The summed E-state index contributed by atoms with van der Waals surface area (Å²) in [6, 6.07) is 12.1. The normalized spacial score (nSPS) is 23.2. The predicted molar refractivity (Wildman–Crippen MR) is 234 cm³/mol. The number of benzene rings is 2. The third-order valence-corrected chi connectivity index (χ3v) is 12.6. The van der Waals surface area contributed by atoms with Crippen molar-refractivity contribution in [3.05, 3.63) is 82.2 Å². The average molecular weight is 834 g/mol. The van der Waals surface area contributed by atoms with E-state index >= 15 is 0 Å². The van der Waals surface area contributed by atoms with Gasteiger partial charge in [-0.15, -0.1) is 0 Å². The van der Waals surface area contributed by atoms with Gasteiger partial charge in [0, 0.05) is 57.7 Å². The van der Waals surface area contributed by atoms with Crippen molar-refractivity contribution in [2.24, 2.45) is 23.7 Å². The molecule has 2 aromatic heterocycles. The second-order valence-electron chi connectivity index (χ2n) is 17.2. The molecule has 2 aliphatic heterocycles. The minimum absolute atomic E-state index is 0.0721. The standard InChI is InChI=1S/C26H35N5O3.C20H24N4O3/c1-3-34-23-9-4-17(10-16(23)2)12-27-24-22(25(33)29-20-5-7-21(32)8-6-20)13-28-26(30-24)31-14-18-11-19(18)15-31;1-3-27-17-5-4-13(6-12(17)2)8-21-18-16(19(25)26)9-22-20(23-18)24-10-14-7-15(14)11-24/h4,9-10,13,18-21,32H,3,5-8,11-12,14-15H2,1-2H3,(H,29,33)(H,27,28,30);4-6,9,14-15H,3,7-8,10-11H2,1-2H3,(H,25,26)(H,21,22,23). The van der Waals surface area contributed by atoms with Gasteiger partial charge in [0.15, 0.2) is 0 Å². The number of aromatic carboxylic acids is 1. The van der Waals surface area contributed by atoms with Crippen molar-refractivity contribution in [3.8, 4) is 11.5 Å². The zero-order valence-corrected chi connectivity index (χ0v) is 35.7. The van der Waals surface area contributed by atoms with Gasteiger partial charge in [-0.1, -0.05) is 24.3 Å². The smallest absolute Gasteiger partial charge is 0.341 e. The maximum absolute atomic E-state index is 13.2. The Morgan fingerprint density at radius 1 is 0.705 bits per heavy atom. The average Bonchev–Trinajstić information content (AvgIpc) is 4.10. The number of hydrogen-bond acceptors (Lipinski definition) is 13. The first-order valence-corrected chi connectivity index (χ1v) is 21.9. The largest absolute Gasteiger partial charge is 0.494 e. The van der Waals surface area contributed by atoms with Gasteiger partial charge in [0.1, 0.15) is 34.3 Å². The number of carboxylic acids is 1. The van der Waals surface area contributed by atoms with E-state index in [4.69, 9.17) is 14.5 Å². The molecule has 5 aliphatic rings. The summed E-state index contributed by atoms with van der Waals surface area (Å²) in [5.74, 6) is 5.85. The molecule has 3 saturated carbocycles. The number of amides is 1. The zero-order chi connectivity index (χ0) is 42.6. The molecule has 2 aromatic carbocycles. The zero-order valence-electron chi connectivity index (χ0n) is 35.7. The lowest BCUT2D eigenvalue weighted by Gasteiger charge is -2.26. The molecule has 9 rings (SSSR count). The Bertz CT molecular complexity index is 2190. The highest BCUT2D eigenvalue weighted by Gasteiger charge is 2.47. The van der Waals surface area contributed by atoms with Crippen LogP contribution in [0.4, 0.5) is 23.5 Å². The van der Waals surface area contributed by atoms with Gasteiger partial charge in [-0.2, -0.15) is 9.97 Å². The molecule has 5 fully saturated rings. The van der Waals surface area contributed by atoms with Crippen LogP contribution in [0.5, 0.6) is 11.5 Å². The molecule has 0 bridgehead atoms. The van der Waals surface area contributed by atoms with Crippen molar-refractivity contribution >= 4 is 35.4 Å². The van der Waals surface area contributed by atoms with Gasteiger partial charge in [0.05, 0.1) is 19.3 Å². The van der Waals surface area contributed by atoms with Gasteiger partial charge >= 0.3 is 5.97 Å². The Kier molecular flexibility index (Phi) is 12.7. The maximum atomic E-state index is 13.2. The molecular formula is C46H59N9O6. The van der Waals surface area contributed by atoms with E-state index in [0.29, 0.717) is 55.4 Å². The molecule has 4 heterocycles. The fraction of sp³-hybridized carbons (Fsp3) is 0.522. The number of fused-ring (bicyclic) bond motifs is 2. The van der Waals surface area contributed by atoms with E-state index in [1.54, 1.807) is 6.20 Å². The molecule has 1 amide bonds. The number of aliphatic hydroxyl groups excluding tert-OH is 1. The van der Waals surface area contributed by atoms with Crippen molar-refractivity contribution < 1.29 is 29.3 Å². The van der Waals surface area contributed by atoms with E-state index in [9.17, 15) is 19.8 Å². The number of anilines is 4. The van der Waals surface area contributed by atoms with Gasteiger partial charge in [0.2, 0.25) is 11.9 Å². The first-order chi connectivity index (χ1) is 29.5. The van der Waals surface area contributed by atoms with Crippen LogP contribution in [0.3, 0.4) is 0 Å². The van der Waals surface area contributed by atoms with Gasteiger partial charge < -0.3 is 45.4 Å². The number of rotatable bonds is 15. The third-order valence-electron chi connectivity index (χ3n) is 12.6. The first-order valence-electron chi connectivity index (χ1n) is 21.9. The van der Waals surface area contributed by atoms with E-state index in [0.717, 1.165) is 109 Å². The minimum atomic E-state index is -1.03. The Morgan fingerprint density at radius 3 is 1.61 bits per heavy atom. The summed E-state index contributed by atoms with van der Waals surface area (Å²) in [6.07, 6.45) is 8.44. The molecule has 4 aromatic rings. The Balaban J connectivity index is 0.000000173. The fourth-order valence-corrected chi connectivity index (χ4v) is 8.90. The number of nitrogens with zero attached hydrogens (tertiary/aromatic N) is 6. The summed E-state index contributed by atoms with van der Waals surface area (Å²) in [5.41, 5.74) is 4.81. The molecule has 2 saturated heterocycles. The molecule has 61 heavy (non-hydrogen) atoms. The van der Waals surface area contributed by atoms with Crippen molar-refractivity contribution in [1.82, 2.24) is 25.3 Å². The summed E-state index contributed by atoms with van der Waals surface area (Å²) in [7, 11) is 0. The van der Waals surface area contributed by atoms with E-state index in [1.165, 1.54) is 19.0 Å². The van der Waals surface area contributed by atoms with Crippen molar-refractivity contribution in [2.45, 2.75) is 91.5 Å². The van der Waals surface area contributed by atoms with Crippen molar-refractivity contribution in [1.29, 1.82) is 0 Å². The molecule has 5 N–H and O–H groups in total. The van der Waals surface area contributed by atoms with Crippen LogP contribution in [0, 0.1) is 37.5 Å². The monoisotopic (exact) mass is 833 g/mol. The summed E-state index contributed by atoms with van der Waals surface area (Å²) in [4.78, 5) is 47.2. The number of carbonyl (C=O) groups excluding carboxylic acids is 1. The van der Waals surface area contributed by atoms with Crippen molar-refractivity contribution in [2.75, 3.05) is 59.8 Å². The summed E-state index contributed by atoms with van der Waals surface area (Å²) < 4.78 is 11.2. The molecule has 0 spiro atoms. The predicted octanol–water partition coefficient (Wildman–Crippen LogP) is 6.24. The van der Waals surface area contributed by atoms with E-state index in [2.05, 4.69) is 46.8 Å². The van der Waals surface area contributed by atoms with Crippen LogP contribution >= 0.6 is 0 Å². The number of piperidine rings is 2. The topological polar surface area (TPSA) is 187 Å². The van der Waals surface area contributed by atoms with E-state index in [1.807, 2.05) is 58.0 Å². The molecular weight excluding hydrogens is 775 g/mol. The van der Waals surface area contributed by atoms with Gasteiger partial charge in [-0.25, -0.2) is 14.8 Å². The number of aryl methyl sites for hydroxylation is 2. The van der Waals surface area contributed by atoms with Crippen LogP contribution in [0.2, 0.25) is 0 Å². The van der Waals surface area contributed by atoms with Crippen LogP contribution in [0.1, 0.15) is 95.3 Å². The molecule has 324 valence electrons. The van der Waals surface area contributed by atoms with Crippen LogP contribution in [-0.4, -0.2) is 93.6 Å². The lowest BCUT2D eigenvalue weighted by atomic mass is 9.93. The lowest BCUT2D eigenvalue weighted by Crippen LogP contribution is -2.39. The molecule has 15 heteroatoms. The highest BCUT2D eigenvalue weighted by molar-refractivity contribution is 5.98. The van der Waals surface area contributed by atoms with Crippen LogP contribution in [-0.2, 0) is 13.1 Å². The van der Waals surface area contributed by atoms with Gasteiger partial charge in [-0.3, -0.25) is 4.79 Å². The lowest BCUT2D eigenvalue weighted by molar-refractivity contribution is 0.0696. The van der Waals surface area contributed by atoms with E-state index < -0.39 is 5.97 Å². The Labute approximate surface area is 357 Å². The van der Waals surface area contributed by atoms with Crippen LogP contribution in [0.15, 0.2) is 48.8 Å². The number of aromatic nitrogens is 4. The third kappa shape index (κ3) is 10.3. The molecule has 0 radical (unpaired) electrons. The number of hydrogen-bond donors (Lipinski definition) is 5.